The molecule has 3 N–H and O–H groups in total. The molecular weight excluding hydrogens is 410 g/mol. The smallest absolute Gasteiger partial charge is 0.335 e. The van der Waals surface area contributed by atoms with E-state index in [1.54, 1.807) is 36.4 Å². The van der Waals surface area contributed by atoms with Crippen molar-refractivity contribution in [1.82, 2.24) is 0 Å². The number of rotatable bonds is 4. The van der Waals surface area contributed by atoms with Gasteiger partial charge in [-0.2, -0.15) is 0 Å². The van der Waals surface area contributed by atoms with Gasteiger partial charge in [0, 0.05) is 11.3 Å². The van der Waals surface area contributed by atoms with E-state index in [0.29, 0.717) is 11.1 Å². The molecule has 1 heterocycles. The van der Waals surface area contributed by atoms with Crippen molar-refractivity contribution in [2.24, 2.45) is 0 Å². The summed E-state index contributed by atoms with van der Waals surface area (Å²) in [5.41, 5.74) is 1.95. The molecule has 0 bridgehead atoms. The van der Waals surface area contributed by atoms with Gasteiger partial charge in [-0.25, -0.2) is 4.79 Å². The normalized spacial score (nSPS) is 17.5. The molecule has 1 atom stereocenters. The van der Waals surface area contributed by atoms with Crippen molar-refractivity contribution in [3.63, 3.8) is 0 Å². The van der Waals surface area contributed by atoms with Crippen LogP contribution in [0, 0.1) is 6.92 Å². The highest BCUT2D eigenvalue weighted by Crippen LogP contribution is 2.42. The molecule has 0 unspecified atom stereocenters. The Hall–Kier alpha value is -4.39. The number of benzene rings is 3. The number of carbonyl (C=O) groups is 3. The Morgan fingerprint density at radius 1 is 0.875 bits per heavy atom. The number of carboxylic acids is 1. The lowest BCUT2D eigenvalue weighted by atomic mass is 9.94. The van der Waals surface area contributed by atoms with Crippen LogP contribution in [0.1, 0.15) is 33.1 Å². The zero-order chi connectivity index (χ0) is 23.0. The summed E-state index contributed by atoms with van der Waals surface area (Å²) in [5.74, 6) is -3.26. The predicted octanol–water partition coefficient (Wildman–Crippen LogP) is 4.03. The van der Waals surface area contributed by atoms with E-state index in [1.807, 2.05) is 6.92 Å². The maximum Gasteiger partial charge on any atom is 0.335 e. The van der Waals surface area contributed by atoms with Crippen molar-refractivity contribution < 1.29 is 29.7 Å². The van der Waals surface area contributed by atoms with Gasteiger partial charge in [-0.15, -0.1) is 0 Å². The number of carbonyl (C=O) groups excluding carboxylic acids is 2. The third-order valence-electron chi connectivity index (χ3n) is 5.35. The Bertz CT molecular complexity index is 1260. The van der Waals surface area contributed by atoms with E-state index in [-0.39, 0.29) is 28.3 Å². The number of phenols is 1. The first-order chi connectivity index (χ1) is 15.3. The molecule has 7 nitrogen and oxygen atoms in total. The molecule has 7 heteroatoms. The molecular formula is C25H19NO6. The average molecular weight is 429 g/mol. The second-order valence-corrected chi connectivity index (χ2v) is 7.48. The van der Waals surface area contributed by atoms with Crippen LogP contribution in [-0.4, -0.2) is 33.0 Å². The summed E-state index contributed by atoms with van der Waals surface area (Å²) in [6, 6.07) is 17.4. The molecule has 1 saturated heterocycles. The number of hydrogen-bond acceptors (Lipinski definition) is 5. The Morgan fingerprint density at radius 2 is 1.50 bits per heavy atom. The summed E-state index contributed by atoms with van der Waals surface area (Å²) in [6.45, 7) is 1.89. The first-order valence-corrected chi connectivity index (χ1v) is 9.78. The van der Waals surface area contributed by atoms with Crippen LogP contribution in [0.25, 0.3) is 5.76 Å². The summed E-state index contributed by atoms with van der Waals surface area (Å²) in [6.07, 6.45) is 0. The molecule has 1 aliphatic rings. The number of phenolic OH excluding ortho intramolecular Hbond substituents is 1. The maximum atomic E-state index is 13.0. The minimum absolute atomic E-state index is 0.0268. The molecule has 0 radical (unpaired) electrons. The van der Waals surface area contributed by atoms with Gasteiger partial charge < -0.3 is 15.3 Å². The van der Waals surface area contributed by atoms with Gasteiger partial charge in [-0.05, 0) is 48.9 Å². The van der Waals surface area contributed by atoms with Crippen LogP contribution in [0.15, 0.2) is 78.4 Å². The van der Waals surface area contributed by atoms with Gasteiger partial charge in [0.05, 0.1) is 17.2 Å². The standard InChI is InChI=1S/C25H19NO6/c1-14-5-7-15(8-6-14)22(28)20-21(17-3-2-4-19(27)13-17)26(24(30)23(20)29)18-11-9-16(10-12-18)25(31)32/h2-13,21,27-28H,1H3,(H,31,32)/t21-/m0/s1. The quantitative estimate of drug-likeness (QED) is 0.328. The largest absolute Gasteiger partial charge is 0.508 e. The molecule has 1 aliphatic heterocycles. The number of aryl methyl sites for hydroxylation is 1. The van der Waals surface area contributed by atoms with Gasteiger partial charge >= 0.3 is 5.97 Å². The van der Waals surface area contributed by atoms with Crippen molar-refractivity contribution >= 4 is 29.1 Å². The van der Waals surface area contributed by atoms with Crippen LogP contribution >= 0.6 is 0 Å². The molecule has 0 aliphatic carbocycles. The molecule has 3 aromatic carbocycles. The molecule has 0 spiro atoms. The van der Waals surface area contributed by atoms with Gasteiger partial charge in [0.2, 0.25) is 0 Å². The molecule has 32 heavy (non-hydrogen) atoms. The zero-order valence-electron chi connectivity index (χ0n) is 17.0. The van der Waals surface area contributed by atoms with Gasteiger partial charge in [-0.3, -0.25) is 14.5 Å². The van der Waals surface area contributed by atoms with E-state index in [1.165, 1.54) is 41.3 Å². The summed E-state index contributed by atoms with van der Waals surface area (Å²) < 4.78 is 0. The molecule has 0 aromatic heterocycles. The number of Topliss-reactive ketones (excluding diaryl/α,β-unsaturated/α-hetero) is 1. The first kappa shape index (κ1) is 20.9. The van der Waals surface area contributed by atoms with Crippen LogP contribution in [0.5, 0.6) is 5.75 Å². The zero-order valence-corrected chi connectivity index (χ0v) is 17.0. The van der Waals surface area contributed by atoms with Crippen molar-refractivity contribution in [2.45, 2.75) is 13.0 Å². The lowest BCUT2D eigenvalue weighted by molar-refractivity contribution is -0.132. The van der Waals surface area contributed by atoms with E-state index in [2.05, 4.69) is 0 Å². The molecule has 160 valence electrons. The number of ketones is 1. The van der Waals surface area contributed by atoms with E-state index in [0.717, 1.165) is 5.56 Å². The van der Waals surface area contributed by atoms with Gasteiger partial charge in [0.25, 0.3) is 11.7 Å². The number of hydrogen-bond donors (Lipinski definition) is 3. The van der Waals surface area contributed by atoms with E-state index < -0.39 is 23.7 Å². The lowest BCUT2D eigenvalue weighted by Crippen LogP contribution is -2.29. The topological polar surface area (TPSA) is 115 Å². The van der Waals surface area contributed by atoms with Crippen LogP contribution in [0.3, 0.4) is 0 Å². The van der Waals surface area contributed by atoms with Crippen LogP contribution < -0.4 is 4.90 Å². The second kappa shape index (κ2) is 8.03. The lowest BCUT2D eigenvalue weighted by Gasteiger charge is -2.25. The highest BCUT2D eigenvalue weighted by Gasteiger charge is 2.47. The van der Waals surface area contributed by atoms with Crippen LogP contribution in [0.4, 0.5) is 5.69 Å². The van der Waals surface area contributed by atoms with Crippen molar-refractivity contribution in [3.8, 4) is 5.75 Å². The fourth-order valence-electron chi connectivity index (χ4n) is 3.74. The fourth-order valence-corrected chi connectivity index (χ4v) is 3.74. The fraction of sp³-hybridized carbons (Fsp3) is 0.0800. The van der Waals surface area contributed by atoms with Crippen molar-refractivity contribution in [2.75, 3.05) is 4.90 Å². The predicted molar refractivity (Wildman–Crippen MR) is 117 cm³/mol. The number of amides is 1. The molecule has 3 aromatic rings. The van der Waals surface area contributed by atoms with Gasteiger partial charge in [0.15, 0.2) is 0 Å². The summed E-state index contributed by atoms with van der Waals surface area (Å²) in [7, 11) is 0. The van der Waals surface area contributed by atoms with Gasteiger partial charge in [-0.1, -0.05) is 42.0 Å². The highest BCUT2D eigenvalue weighted by atomic mass is 16.4. The Morgan fingerprint density at radius 3 is 2.09 bits per heavy atom. The highest BCUT2D eigenvalue weighted by molar-refractivity contribution is 6.51. The molecule has 1 fully saturated rings. The Balaban J connectivity index is 1.92. The average Bonchev–Trinajstić information content (AvgIpc) is 3.04. The van der Waals surface area contributed by atoms with Crippen LogP contribution in [-0.2, 0) is 9.59 Å². The minimum Gasteiger partial charge on any atom is -0.508 e. The number of carboxylic acid groups (broad SMARTS) is 1. The minimum atomic E-state index is -1.12. The molecule has 0 saturated carbocycles. The van der Waals surface area contributed by atoms with E-state index in [9.17, 15) is 24.6 Å². The SMILES string of the molecule is Cc1ccc(C(O)=C2C(=O)C(=O)N(c3ccc(C(=O)O)cc3)[C@H]2c2cccc(O)c2)cc1. The van der Waals surface area contributed by atoms with Crippen LogP contribution in [0.2, 0.25) is 0 Å². The summed E-state index contributed by atoms with van der Waals surface area (Å²) >= 11 is 0. The number of aromatic carboxylic acids is 1. The Labute approximate surface area is 183 Å². The van der Waals surface area contributed by atoms with E-state index in [4.69, 9.17) is 5.11 Å². The third-order valence-corrected chi connectivity index (χ3v) is 5.35. The monoisotopic (exact) mass is 429 g/mol. The number of aliphatic hydroxyl groups excluding tert-OH is 1. The van der Waals surface area contributed by atoms with Crippen molar-refractivity contribution in [3.05, 3.63) is 101 Å². The van der Waals surface area contributed by atoms with E-state index >= 15 is 0 Å². The number of aromatic hydroxyl groups is 1. The third kappa shape index (κ3) is 3.60. The summed E-state index contributed by atoms with van der Waals surface area (Å²) in [5, 5.41) is 30.2. The maximum absolute atomic E-state index is 13.0. The van der Waals surface area contributed by atoms with Gasteiger partial charge in [0.1, 0.15) is 11.5 Å². The summed E-state index contributed by atoms with van der Waals surface area (Å²) in [4.78, 5) is 38.5. The molecule has 1 amide bonds. The number of aliphatic hydroxyl groups is 1. The Kier molecular flexibility index (Phi) is 5.24. The molecule has 4 rings (SSSR count). The number of anilines is 1. The number of nitrogens with zero attached hydrogens (tertiary/aromatic N) is 1. The van der Waals surface area contributed by atoms with Crippen molar-refractivity contribution in [1.29, 1.82) is 0 Å². The second-order valence-electron chi connectivity index (χ2n) is 7.48. The first-order valence-electron chi connectivity index (χ1n) is 9.78.